The minimum Gasteiger partial charge on any atom is -0.367 e. The minimum atomic E-state index is -0.160. The van der Waals surface area contributed by atoms with Crippen molar-refractivity contribution in [2.75, 3.05) is 18.4 Å². The van der Waals surface area contributed by atoms with Crippen molar-refractivity contribution in [2.45, 2.75) is 6.92 Å². The van der Waals surface area contributed by atoms with Crippen molar-refractivity contribution in [3.8, 4) is 6.07 Å². The second kappa shape index (κ2) is 7.41. The van der Waals surface area contributed by atoms with Gasteiger partial charge in [0.05, 0.1) is 11.1 Å². The monoisotopic (exact) mass is 331 g/mol. The molecule has 2 aromatic heterocycles. The molecule has 0 aliphatic carbocycles. The van der Waals surface area contributed by atoms with Crippen LogP contribution in [0.25, 0.3) is 10.9 Å². The number of anilines is 1. The van der Waals surface area contributed by atoms with Crippen molar-refractivity contribution < 1.29 is 4.79 Å². The van der Waals surface area contributed by atoms with Gasteiger partial charge in [-0.1, -0.05) is 12.1 Å². The molecule has 0 aliphatic rings. The lowest BCUT2D eigenvalue weighted by molar-refractivity contribution is 0.0955. The quantitative estimate of drug-likeness (QED) is 0.701. The fourth-order valence-electron chi connectivity index (χ4n) is 2.46. The molecule has 1 amide bonds. The first-order valence-electron chi connectivity index (χ1n) is 7.91. The fraction of sp³-hybridized carbons (Fsp3) is 0.158. The predicted octanol–water partition coefficient (Wildman–Crippen LogP) is 2.65. The highest BCUT2D eigenvalue weighted by Crippen LogP contribution is 2.20. The van der Waals surface area contributed by atoms with Crippen molar-refractivity contribution in [1.29, 1.82) is 5.26 Å². The second-order valence-corrected chi connectivity index (χ2v) is 5.61. The number of nitriles is 1. The van der Waals surface area contributed by atoms with Crippen LogP contribution in [-0.4, -0.2) is 29.0 Å². The molecular formula is C19H17N5O. The minimum absolute atomic E-state index is 0.160. The van der Waals surface area contributed by atoms with Crippen LogP contribution in [0.5, 0.6) is 0 Å². The Hall–Kier alpha value is -3.46. The summed E-state index contributed by atoms with van der Waals surface area (Å²) in [6, 6.07) is 13.2. The summed E-state index contributed by atoms with van der Waals surface area (Å²) in [6.07, 6.45) is 3.15. The van der Waals surface area contributed by atoms with Crippen molar-refractivity contribution in [2.24, 2.45) is 0 Å². The van der Waals surface area contributed by atoms with E-state index in [2.05, 4.69) is 26.7 Å². The highest BCUT2D eigenvalue weighted by molar-refractivity contribution is 5.94. The van der Waals surface area contributed by atoms with Crippen LogP contribution in [0.3, 0.4) is 0 Å². The number of aromatic nitrogens is 2. The van der Waals surface area contributed by atoms with E-state index in [0.717, 1.165) is 16.5 Å². The third kappa shape index (κ3) is 3.90. The molecule has 0 radical (unpaired) electrons. The summed E-state index contributed by atoms with van der Waals surface area (Å²) < 4.78 is 0. The van der Waals surface area contributed by atoms with Gasteiger partial charge in [0, 0.05) is 36.4 Å². The van der Waals surface area contributed by atoms with Gasteiger partial charge in [-0.2, -0.15) is 5.26 Å². The molecule has 0 spiro atoms. The van der Waals surface area contributed by atoms with E-state index in [9.17, 15) is 10.1 Å². The fourth-order valence-corrected chi connectivity index (χ4v) is 2.46. The molecule has 2 N–H and O–H groups in total. The molecular weight excluding hydrogens is 314 g/mol. The molecule has 124 valence electrons. The molecule has 3 rings (SSSR count). The maximum atomic E-state index is 12.0. The Kier molecular flexibility index (Phi) is 4.86. The lowest BCUT2D eigenvalue weighted by Crippen LogP contribution is -2.29. The maximum Gasteiger partial charge on any atom is 0.251 e. The van der Waals surface area contributed by atoms with E-state index in [1.165, 1.54) is 0 Å². The average molecular weight is 331 g/mol. The Morgan fingerprint density at radius 1 is 1.16 bits per heavy atom. The van der Waals surface area contributed by atoms with Gasteiger partial charge in [-0.05, 0) is 36.8 Å². The Balaban J connectivity index is 1.65. The molecule has 2 heterocycles. The Morgan fingerprint density at radius 3 is 2.72 bits per heavy atom. The van der Waals surface area contributed by atoms with Crippen LogP contribution in [0.15, 0.2) is 48.8 Å². The van der Waals surface area contributed by atoms with Gasteiger partial charge in [0.25, 0.3) is 5.91 Å². The molecule has 0 unspecified atom stereocenters. The summed E-state index contributed by atoms with van der Waals surface area (Å²) in [5.74, 6) is 0.366. The standard InChI is InChI=1S/C19H17N5O/c1-13-2-3-15-11-16(12-20)18(24-17(15)10-13)22-8-9-23-19(25)14-4-6-21-7-5-14/h2-7,10-11H,8-9H2,1H3,(H,22,24)(H,23,25). The van der Waals surface area contributed by atoms with Gasteiger partial charge < -0.3 is 10.6 Å². The number of fused-ring (bicyclic) bond motifs is 1. The smallest absolute Gasteiger partial charge is 0.251 e. The zero-order valence-corrected chi connectivity index (χ0v) is 13.8. The van der Waals surface area contributed by atoms with E-state index in [4.69, 9.17) is 0 Å². The van der Waals surface area contributed by atoms with Crippen LogP contribution in [0.1, 0.15) is 21.5 Å². The summed E-state index contributed by atoms with van der Waals surface area (Å²) in [6.45, 7) is 2.89. The zero-order valence-electron chi connectivity index (χ0n) is 13.8. The molecule has 0 bridgehead atoms. The van der Waals surface area contributed by atoms with Gasteiger partial charge >= 0.3 is 0 Å². The van der Waals surface area contributed by atoms with Gasteiger partial charge in [0.1, 0.15) is 11.9 Å². The van der Waals surface area contributed by atoms with Crippen LogP contribution < -0.4 is 10.6 Å². The average Bonchev–Trinajstić information content (AvgIpc) is 2.65. The van der Waals surface area contributed by atoms with Crippen molar-refractivity contribution >= 4 is 22.6 Å². The lowest BCUT2D eigenvalue weighted by Gasteiger charge is -2.10. The Labute approximate surface area is 145 Å². The summed E-state index contributed by atoms with van der Waals surface area (Å²) in [7, 11) is 0. The molecule has 0 atom stereocenters. The molecule has 0 fully saturated rings. The van der Waals surface area contributed by atoms with Crippen molar-refractivity contribution in [3.05, 3.63) is 65.5 Å². The number of nitrogens with zero attached hydrogens (tertiary/aromatic N) is 3. The van der Waals surface area contributed by atoms with Crippen molar-refractivity contribution in [1.82, 2.24) is 15.3 Å². The van der Waals surface area contributed by atoms with Crippen LogP contribution in [0, 0.1) is 18.3 Å². The number of benzene rings is 1. The van der Waals surface area contributed by atoms with Crippen LogP contribution >= 0.6 is 0 Å². The number of hydrogen-bond acceptors (Lipinski definition) is 5. The summed E-state index contributed by atoms with van der Waals surface area (Å²) in [5.41, 5.74) is 2.99. The van der Waals surface area contributed by atoms with E-state index in [-0.39, 0.29) is 5.91 Å². The van der Waals surface area contributed by atoms with E-state index in [1.807, 2.05) is 31.2 Å². The number of hydrogen-bond donors (Lipinski definition) is 2. The number of rotatable bonds is 5. The van der Waals surface area contributed by atoms with Gasteiger partial charge in [-0.25, -0.2) is 4.98 Å². The third-order valence-electron chi connectivity index (χ3n) is 3.74. The first-order valence-corrected chi connectivity index (χ1v) is 7.91. The Bertz CT molecular complexity index is 947. The molecule has 3 aromatic rings. The molecule has 0 saturated carbocycles. The number of carbonyl (C=O) groups excluding carboxylic acids is 1. The van der Waals surface area contributed by atoms with E-state index in [1.54, 1.807) is 24.5 Å². The molecule has 0 aliphatic heterocycles. The zero-order chi connectivity index (χ0) is 17.6. The number of pyridine rings is 2. The van der Waals surface area contributed by atoms with Crippen LogP contribution in [0.4, 0.5) is 5.82 Å². The first-order chi connectivity index (χ1) is 12.2. The number of amides is 1. The Morgan fingerprint density at radius 2 is 1.96 bits per heavy atom. The van der Waals surface area contributed by atoms with E-state index >= 15 is 0 Å². The lowest BCUT2D eigenvalue weighted by atomic mass is 10.1. The van der Waals surface area contributed by atoms with Crippen molar-refractivity contribution in [3.63, 3.8) is 0 Å². The molecule has 6 nitrogen and oxygen atoms in total. The highest BCUT2D eigenvalue weighted by atomic mass is 16.1. The summed E-state index contributed by atoms with van der Waals surface area (Å²) in [5, 5.41) is 16.2. The first kappa shape index (κ1) is 16.4. The molecule has 1 aromatic carbocycles. The van der Waals surface area contributed by atoms with Gasteiger partial charge in [0.2, 0.25) is 0 Å². The maximum absolute atomic E-state index is 12.0. The normalized spacial score (nSPS) is 10.2. The van der Waals surface area contributed by atoms with E-state index < -0.39 is 0 Å². The highest BCUT2D eigenvalue weighted by Gasteiger charge is 2.07. The van der Waals surface area contributed by atoms with E-state index in [0.29, 0.717) is 30.0 Å². The predicted molar refractivity (Wildman–Crippen MR) is 96.3 cm³/mol. The molecule has 25 heavy (non-hydrogen) atoms. The third-order valence-corrected chi connectivity index (χ3v) is 3.74. The molecule has 0 saturated heterocycles. The number of nitrogens with one attached hydrogen (secondary N) is 2. The number of aryl methyl sites for hydroxylation is 1. The number of carbonyl (C=O) groups is 1. The van der Waals surface area contributed by atoms with Gasteiger partial charge in [0.15, 0.2) is 0 Å². The topological polar surface area (TPSA) is 90.7 Å². The largest absolute Gasteiger partial charge is 0.367 e. The SMILES string of the molecule is Cc1ccc2cc(C#N)c(NCCNC(=O)c3ccncc3)nc2c1. The second-order valence-electron chi connectivity index (χ2n) is 5.61. The molecule has 6 heteroatoms. The van der Waals surface area contributed by atoms with Gasteiger partial charge in [-0.15, -0.1) is 0 Å². The van der Waals surface area contributed by atoms with Gasteiger partial charge in [-0.3, -0.25) is 9.78 Å². The van der Waals surface area contributed by atoms with Crippen LogP contribution in [-0.2, 0) is 0 Å². The summed E-state index contributed by atoms with van der Waals surface area (Å²) in [4.78, 5) is 20.4. The van der Waals surface area contributed by atoms with Crippen LogP contribution in [0.2, 0.25) is 0 Å². The summed E-state index contributed by atoms with van der Waals surface area (Å²) >= 11 is 0.